The van der Waals surface area contributed by atoms with Gasteiger partial charge in [0.1, 0.15) is 18.5 Å². The summed E-state index contributed by atoms with van der Waals surface area (Å²) in [6, 6.07) is 12.5. The van der Waals surface area contributed by atoms with Gasteiger partial charge in [-0.05, 0) is 24.1 Å². The molecule has 3 N–H and O–H groups in total. The van der Waals surface area contributed by atoms with Gasteiger partial charge in [-0.25, -0.2) is 4.39 Å². The molecule has 1 aliphatic carbocycles. The summed E-state index contributed by atoms with van der Waals surface area (Å²) in [6.07, 6.45) is -0.0360. The molecule has 0 bridgehead atoms. The minimum Gasteiger partial charge on any atom is -0.486 e. The van der Waals surface area contributed by atoms with Gasteiger partial charge in [0.25, 0.3) is 11.8 Å². The van der Waals surface area contributed by atoms with Crippen molar-refractivity contribution in [1.29, 1.82) is 0 Å². The minimum atomic E-state index is -0.767. The summed E-state index contributed by atoms with van der Waals surface area (Å²) in [5.41, 5.74) is 2.01. The zero-order chi connectivity index (χ0) is 20.5. The average molecular weight is 398 g/mol. The molecule has 4 atom stereocenters. The van der Waals surface area contributed by atoms with E-state index in [-0.39, 0.29) is 30.0 Å². The van der Waals surface area contributed by atoms with Crippen LogP contribution < -0.4 is 15.4 Å². The van der Waals surface area contributed by atoms with Crippen LogP contribution in [0.3, 0.4) is 0 Å². The van der Waals surface area contributed by atoms with Crippen molar-refractivity contribution in [3.8, 4) is 5.75 Å². The second kappa shape index (κ2) is 7.83. The highest BCUT2D eigenvalue weighted by molar-refractivity contribution is 6.02. The lowest BCUT2D eigenvalue weighted by Gasteiger charge is -2.16. The Labute approximate surface area is 168 Å². The van der Waals surface area contributed by atoms with E-state index in [1.807, 2.05) is 30.3 Å². The third-order valence-electron chi connectivity index (χ3n) is 5.61. The minimum absolute atomic E-state index is 0.0285. The maximum absolute atomic E-state index is 13.8. The number of carbonyl (C=O) groups is 2. The SMILES string of the molecule is CNC(=O)c1cc(C(=O)NC2C[C@H]2CO)cc2c1O[C@H](CF)[C@H]2c1ccccc1. The molecular weight excluding hydrogens is 375 g/mol. The Kier molecular flexibility index (Phi) is 5.24. The number of halogens is 1. The number of aliphatic hydroxyl groups is 1. The maximum Gasteiger partial charge on any atom is 0.254 e. The fourth-order valence-corrected chi connectivity index (χ4v) is 3.92. The van der Waals surface area contributed by atoms with Crippen LogP contribution in [0.2, 0.25) is 0 Å². The standard InChI is InChI=1S/C22H23FN2O4/c1-24-22(28)16-8-13(21(27)25-17-9-14(17)11-26)7-15-19(12-5-3-2-4-6-12)18(10-23)29-20(15)16/h2-8,14,17-19,26H,9-11H2,1H3,(H,24,28)(H,25,27)/t14-,17?,18+,19-/m0/s1. The van der Waals surface area contributed by atoms with Gasteiger partial charge in [0, 0.05) is 36.7 Å². The monoisotopic (exact) mass is 398 g/mol. The Balaban J connectivity index is 1.76. The zero-order valence-electron chi connectivity index (χ0n) is 16.0. The van der Waals surface area contributed by atoms with E-state index in [0.29, 0.717) is 16.9 Å². The zero-order valence-corrected chi connectivity index (χ0v) is 16.0. The fourth-order valence-electron chi connectivity index (χ4n) is 3.92. The van der Waals surface area contributed by atoms with Gasteiger partial charge in [0.2, 0.25) is 0 Å². The summed E-state index contributed by atoms with van der Waals surface area (Å²) in [6.45, 7) is -0.691. The van der Waals surface area contributed by atoms with Gasteiger partial charge in [-0.15, -0.1) is 0 Å². The molecule has 2 amide bonds. The number of carbonyl (C=O) groups excluding carboxylic acids is 2. The molecule has 2 aliphatic rings. The van der Waals surface area contributed by atoms with Gasteiger partial charge in [-0.2, -0.15) is 0 Å². The van der Waals surface area contributed by atoms with E-state index in [9.17, 15) is 19.1 Å². The highest BCUT2D eigenvalue weighted by Crippen LogP contribution is 2.45. The molecule has 29 heavy (non-hydrogen) atoms. The number of rotatable bonds is 6. The highest BCUT2D eigenvalue weighted by Gasteiger charge is 2.40. The summed E-state index contributed by atoms with van der Waals surface area (Å²) in [7, 11) is 1.49. The Hall–Kier alpha value is -2.93. The van der Waals surface area contributed by atoms with Crippen molar-refractivity contribution in [3.63, 3.8) is 0 Å². The number of hydrogen-bond acceptors (Lipinski definition) is 4. The summed E-state index contributed by atoms with van der Waals surface area (Å²) in [5.74, 6) is -0.755. The van der Waals surface area contributed by atoms with Gasteiger partial charge in [-0.3, -0.25) is 9.59 Å². The topological polar surface area (TPSA) is 87.7 Å². The predicted octanol–water partition coefficient (Wildman–Crippen LogP) is 2.02. The molecule has 1 aliphatic heterocycles. The van der Waals surface area contributed by atoms with E-state index in [1.54, 1.807) is 6.07 Å². The van der Waals surface area contributed by atoms with Crippen molar-refractivity contribution in [1.82, 2.24) is 10.6 Å². The van der Waals surface area contributed by atoms with Gasteiger partial charge in [0.15, 0.2) is 0 Å². The predicted molar refractivity (Wildman–Crippen MR) is 105 cm³/mol. The summed E-state index contributed by atoms with van der Waals surface area (Å²) in [5, 5.41) is 14.6. The van der Waals surface area contributed by atoms with Crippen LogP contribution in [0, 0.1) is 5.92 Å². The molecule has 0 spiro atoms. The van der Waals surface area contributed by atoms with Crippen molar-refractivity contribution in [2.24, 2.45) is 5.92 Å². The molecule has 0 radical (unpaired) electrons. The van der Waals surface area contributed by atoms with Crippen molar-refractivity contribution >= 4 is 11.8 Å². The number of fused-ring (bicyclic) bond motifs is 1. The number of ether oxygens (including phenoxy) is 1. The van der Waals surface area contributed by atoms with Crippen molar-refractivity contribution in [2.45, 2.75) is 24.5 Å². The fraction of sp³-hybridized carbons (Fsp3) is 0.364. The first-order valence-corrected chi connectivity index (χ1v) is 9.66. The molecular formula is C22H23FN2O4. The van der Waals surface area contributed by atoms with Crippen LogP contribution in [0.4, 0.5) is 4.39 Å². The molecule has 1 unspecified atom stereocenters. The van der Waals surface area contributed by atoms with Gasteiger partial charge in [0.05, 0.1) is 11.5 Å². The van der Waals surface area contributed by atoms with Crippen molar-refractivity contribution in [2.75, 3.05) is 20.3 Å². The van der Waals surface area contributed by atoms with E-state index < -0.39 is 24.6 Å². The lowest BCUT2D eigenvalue weighted by Crippen LogP contribution is -2.28. The number of amides is 2. The average Bonchev–Trinajstić information content (AvgIpc) is 3.40. The summed E-state index contributed by atoms with van der Waals surface area (Å²) < 4.78 is 19.6. The molecule has 0 saturated heterocycles. The normalized spacial score (nSPS) is 24.4. The smallest absolute Gasteiger partial charge is 0.254 e. The van der Waals surface area contributed by atoms with Crippen LogP contribution in [0.1, 0.15) is 44.2 Å². The molecule has 0 aromatic heterocycles. The quantitative estimate of drug-likeness (QED) is 0.695. The van der Waals surface area contributed by atoms with E-state index in [1.165, 1.54) is 13.1 Å². The largest absolute Gasteiger partial charge is 0.486 e. The Morgan fingerprint density at radius 1 is 1.21 bits per heavy atom. The van der Waals surface area contributed by atoms with Crippen LogP contribution in [0.5, 0.6) is 5.75 Å². The van der Waals surface area contributed by atoms with Crippen LogP contribution in [0.15, 0.2) is 42.5 Å². The van der Waals surface area contributed by atoms with Crippen LogP contribution in [0.25, 0.3) is 0 Å². The Bertz CT molecular complexity index is 934. The van der Waals surface area contributed by atoms with Gasteiger partial charge < -0.3 is 20.5 Å². The first kappa shape index (κ1) is 19.4. The first-order chi connectivity index (χ1) is 14.1. The highest BCUT2D eigenvalue weighted by atomic mass is 19.1. The molecule has 4 rings (SSSR count). The van der Waals surface area contributed by atoms with Crippen LogP contribution >= 0.6 is 0 Å². The van der Waals surface area contributed by atoms with E-state index in [0.717, 1.165) is 12.0 Å². The molecule has 6 nitrogen and oxygen atoms in total. The van der Waals surface area contributed by atoms with Crippen molar-refractivity contribution < 1.29 is 23.8 Å². The summed E-state index contributed by atoms with van der Waals surface area (Å²) >= 11 is 0. The lowest BCUT2D eigenvalue weighted by atomic mass is 9.86. The molecule has 2 aromatic carbocycles. The number of benzene rings is 2. The van der Waals surface area contributed by atoms with Crippen LogP contribution in [-0.4, -0.2) is 49.4 Å². The third kappa shape index (κ3) is 3.58. The van der Waals surface area contributed by atoms with Crippen LogP contribution in [-0.2, 0) is 0 Å². The van der Waals surface area contributed by atoms with Crippen molar-refractivity contribution in [3.05, 3.63) is 64.7 Å². The van der Waals surface area contributed by atoms with E-state index in [2.05, 4.69) is 10.6 Å². The summed E-state index contributed by atoms with van der Waals surface area (Å²) in [4.78, 5) is 25.2. The molecule has 2 aromatic rings. The van der Waals surface area contributed by atoms with Gasteiger partial charge >= 0.3 is 0 Å². The maximum atomic E-state index is 13.8. The van der Waals surface area contributed by atoms with Gasteiger partial charge in [-0.1, -0.05) is 30.3 Å². The number of hydrogen-bond donors (Lipinski definition) is 3. The first-order valence-electron chi connectivity index (χ1n) is 9.66. The van der Waals surface area contributed by atoms with E-state index in [4.69, 9.17) is 4.74 Å². The molecule has 7 heteroatoms. The molecule has 1 fully saturated rings. The third-order valence-corrected chi connectivity index (χ3v) is 5.61. The number of alkyl halides is 1. The molecule has 1 heterocycles. The number of aliphatic hydroxyl groups excluding tert-OH is 1. The Morgan fingerprint density at radius 2 is 1.97 bits per heavy atom. The molecule has 152 valence electrons. The second-order valence-electron chi connectivity index (χ2n) is 7.48. The molecule has 1 saturated carbocycles. The lowest BCUT2D eigenvalue weighted by molar-refractivity contribution is 0.0947. The second-order valence-corrected chi connectivity index (χ2v) is 7.48. The Morgan fingerprint density at radius 3 is 2.59 bits per heavy atom. The van der Waals surface area contributed by atoms with E-state index >= 15 is 0 Å². The number of nitrogens with one attached hydrogen (secondary N) is 2.